The maximum Gasteiger partial charge on any atom is 0.264 e. The summed E-state index contributed by atoms with van der Waals surface area (Å²) >= 11 is 0. The van der Waals surface area contributed by atoms with Crippen LogP contribution < -0.4 is 0 Å². The minimum atomic E-state index is -3.78. The third-order valence-electron chi connectivity index (χ3n) is 6.67. The fraction of sp³-hybridized carbons (Fsp3) is 0.0667. The highest BCUT2D eigenvalue weighted by Gasteiger charge is 2.40. The summed E-state index contributed by atoms with van der Waals surface area (Å²) in [6, 6.07) is 34.0. The Balaban J connectivity index is 1.88. The molecule has 0 amide bonds. The van der Waals surface area contributed by atoms with Gasteiger partial charge in [-0.05, 0) is 40.8 Å². The number of allylic oxidation sites excluding steroid dienone is 2. The molecule has 4 aromatic carbocycles. The van der Waals surface area contributed by atoms with E-state index >= 15 is 0 Å². The van der Waals surface area contributed by atoms with Gasteiger partial charge in [0.25, 0.3) is 10.0 Å². The molecular formula is C30H23NO2S. The maximum atomic E-state index is 14.0. The summed E-state index contributed by atoms with van der Waals surface area (Å²) in [4.78, 5) is 0.334. The number of hydrogen-bond acceptors (Lipinski definition) is 2. The number of hydrogen-bond donors (Lipinski definition) is 0. The summed E-state index contributed by atoms with van der Waals surface area (Å²) in [7, 11) is -2.11. The highest BCUT2D eigenvalue weighted by Crippen LogP contribution is 2.55. The molecule has 0 aromatic heterocycles. The maximum absolute atomic E-state index is 14.0. The minimum absolute atomic E-state index is 0.334. The smallest absolute Gasteiger partial charge is 0.264 e. The summed E-state index contributed by atoms with van der Waals surface area (Å²) in [6.07, 6.45) is 0. The standard InChI is InChI=1S/C30H23NO2S/c1-20-17-18-26-25(19-20)28-27(21-11-5-3-6-12-21)23-15-9-10-16-24(23)29(28)30(31(2)34(26,32)33)22-13-7-4-8-14-22/h3-19H,1-2H3. The second-order valence-electron chi connectivity index (χ2n) is 8.72. The number of benzene rings is 4. The Morgan fingerprint density at radius 2 is 1.15 bits per heavy atom. The topological polar surface area (TPSA) is 37.4 Å². The molecule has 2 aliphatic rings. The van der Waals surface area contributed by atoms with Crippen LogP contribution in [0.2, 0.25) is 0 Å². The van der Waals surface area contributed by atoms with Crippen LogP contribution in [0.3, 0.4) is 0 Å². The Hall–Kier alpha value is -3.89. The first-order valence-corrected chi connectivity index (χ1v) is 12.7. The van der Waals surface area contributed by atoms with Crippen LogP contribution in [-0.2, 0) is 10.0 Å². The summed E-state index contributed by atoms with van der Waals surface area (Å²) in [5.74, 6) is 0. The van der Waals surface area contributed by atoms with Crippen molar-refractivity contribution in [3.05, 3.63) is 137 Å². The number of nitrogens with zero attached hydrogens (tertiary/aromatic N) is 1. The molecule has 0 bridgehead atoms. The second kappa shape index (κ2) is 7.57. The van der Waals surface area contributed by atoms with Crippen LogP contribution in [0.4, 0.5) is 0 Å². The monoisotopic (exact) mass is 461 g/mol. The van der Waals surface area contributed by atoms with Crippen molar-refractivity contribution in [2.45, 2.75) is 11.8 Å². The molecule has 3 nitrogen and oxygen atoms in total. The first-order chi connectivity index (χ1) is 16.5. The summed E-state index contributed by atoms with van der Waals surface area (Å²) < 4.78 is 29.4. The minimum Gasteiger partial charge on any atom is -0.268 e. The molecule has 34 heavy (non-hydrogen) atoms. The Morgan fingerprint density at radius 3 is 1.79 bits per heavy atom. The van der Waals surface area contributed by atoms with E-state index in [2.05, 4.69) is 24.3 Å². The van der Waals surface area contributed by atoms with Gasteiger partial charge in [0.15, 0.2) is 0 Å². The Morgan fingerprint density at radius 1 is 0.588 bits per heavy atom. The normalized spacial score (nSPS) is 16.1. The van der Waals surface area contributed by atoms with E-state index in [1.54, 1.807) is 13.1 Å². The van der Waals surface area contributed by atoms with Gasteiger partial charge in [0.1, 0.15) is 0 Å². The summed E-state index contributed by atoms with van der Waals surface area (Å²) in [6.45, 7) is 2.01. The predicted octanol–water partition coefficient (Wildman–Crippen LogP) is 6.47. The van der Waals surface area contributed by atoms with Crippen LogP contribution >= 0.6 is 0 Å². The van der Waals surface area contributed by atoms with E-state index in [-0.39, 0.29) is 0 Å². The summed E-state index contributed by atoms with van der Waals surface area (Å²) in [5, 5.41) is 0. The molecule has 166 valence electrons. The third-order valence-corrected chi connectivity index (χ3v) is 8.49. The molecule has 4 heteroatoms. The van der Waals surface area contributed by atoms with Crippen molar-refractivity contribution < 1.29 is 8.42 Å². The predicted molar refractivity (Wildman–Crippen MR) is 138 cm³/mol. The van der Waals surface area contributed by atoms with Gasteiger partial charge < -0.3 is 0 Å². The summed E-state index contributed by atoms with van der Waals surface area (Å²) in [5.41, 5.74) is 9.57. The highest BCUT2D eigenvalue weighted by atomic mass is 32.2. The van der Waals surface area contributed by atoms with Crippen molar-refractivity contribution in [2.75, 3.05) is 7.05 Å². The average Bonchev–Trinajstić information content (AvgIpc) is 3.17. The zero-order valence-corrected chi connectivity index (χ0v) is 19.8. The zero-order chi connectivity index (χ0) is 23.4. The molecule has 0 unspecified atom stereocenters. The SMILES string of the molecule is Cc1ccc2c(c1)C1=C(c3ccccc3)c3ccccc3C1=C(c1ccccc1)N(C)S2(=O)=O. The molecule has 0 fully saturated rings. The van der Waals surface area contributed by atoms with E-state index < -0.39 is 10.0 Å². The van der Waals surface area contributed by atoms with Crippen molar-refractivity contribution in [1.82, 2.24) is 4.31 Å². The first kappa shape index (κ1) is 20.7. The quantitative estimate of drug-likeness (QED) is 0.343. The van der Waals surface area contributed by atoms with Crippen molar-refractivity contribution in [1.29, 1.82) is 0 Å². The molecular weight excluding hydrogens is 438 g/mol. The molecule has 4 aromatic rings. The fourth-order valence-electron chi connectivity index (χ4n) is 5.14. The molecule has 6 rings (SSSR count). The zero-order valence-electron chi connectivity index (χ0n) is 19.0. The average molecular weight is 462 g/mol. The van der Waals surface area contributed by atoms with Crippen molar-refractivity contribution in [3.63, 3.8) is 0 Å². The van der Waals surface area contributed by atoms with Gasteiger partial charge in [0.05, 0.1) is 10.6 Å². The second-order valence-corrected chi connectivity index (χ2v) is 10.7. The Bertz CT molecular complexity index is 1620. The fourth-order valence-corrected chi connectivity index (χ4v) is 6.56. The van der Waals surface area contributed by atoms with Crippen molar-refractivity contribution in [3.8, 4) is 0 Å². The molecule has 1 aliphatic heterocycles. The molecule has 0 spiro atoms. The number of fused-ring (bicyclic) bond motifs is 5. The van der Waals surface area contributed by atoms with Crippen LogP contribution in [0.1, 0.15) is 33.4 Å². The van der Waals surface area contributed by atoms with Gasteiger partial charge in [-0.1, -0.05) is 103 Å². The molecule has 1 aliphatic carbocycles. The van der Waals surface area contributed by atoms with Crippen LogP contribution in [0.5, 0.6) is 0 Å². The Labute approximate surface area is 200 Å². The van der Waals surface area contributed by atoms with Gasteiger partial charge in [-0.15, -0.1) is 0 Å². The number of aryl methyl sites for hydroxylation is 1. The molecule has 0 N–H and O–H groups in total. The van der Waals surface area contributed by atoms with Crippen LogP contribution in [0.25, 0.3) is 22.4 Å². The molecule has 0 saturated heterocycles. The van der Waals surface area contributed by atoms with Gasteiger partial charge >= 0.3 is 0 Å². The first-order valence-electron chi connectivity index (χ1n) is 11.3. The third kappa shape index (κ3) is 2.92. The molecule has 0 atom stereocenters. The van der Waals surface area contributed by atoms with E-state index in [4.69, 9.17) is 0 Å². The Kier molecular flexibility index (Phi) is 4.61. The molecule has 0 saturated carbocycles. The van der Waals surface area contributed by atoms with E-state index in [9.17, 15) is 8.42 Å². The lowest BCUT2D eigenvalue weighted by Crippen LogP contribution is -2.25. The van der Waals surface area contributed by atoms with Gasteiger partial charge in [-0.2, -0.15) is 0 Å². The van der Waals surface area contributed by atoms with E-state index in [1.807, 2.05) is 79.7 Å². The lowest BCUT2D eigenvalue weighted by molar-refractivity contribution is 0.547. The van der Waals surface area contributed by atoms with Gasteiger partial charge in [-0.25, -0.2) is 8.42 Å². The van der Waals surface area contributed by atoms with Gasteiger partial charge in [0, 0.05) is 23.8 Å². The number of sulfonamides is 1. The lowest BCUT2D eigenvalue weighted by Gasteiger charge is -2.23. The van der Waals surface area contributed by atoms with E-state index in [0.717, 1.165) is 50.1 Å². The van der Waals surface area contributed by atoms with Crippen LogP contribution in [0.15, 0.2) is 108 Å². The lowest BCUT2D eigenvalue weighted by atomic mass is 9.90. The largest absolute Gasteiger partial charge is 0.268 e. The van der Waals surface area contributed by atoms with Gasteiger partial charge in [0.2, 0.25) is 0 Å². The van der Waals surface area contributed by atoms with E-state index in [0.29, 0.717) is 10.6 Å². The van der Waals surface area contributed by atoms with Crippen molar-refractivity contribution >= 4 is 32.4 Å². The number of rotatable bonds is 2. The van der Waals surface area contributed by atoms with Crippen LogP contribution in [0, 0.1) is 6.92 Å². The van der Waals surface area contributed by atoms with Crippen molar-refractivity contribution in [2.24, 2.45) is 0 Å². The molecule has 0 radical (unpaired) electrons. The van der Waals surface area contributed by atoms with Gasteiger partial charge in [-0.3, -0.25) is 4.31 Å². The van der Waals surface area contributed by atoms with Crippen LogP contribution in [-0.4, -0.2) is 19.8 Å². The van der Waals surface area contributed by atoms with E-state index in [1.165, 1.54) is 4.31 Å². The highest BCUT2D eigenvalue weighted by molar-refractivity contribution is 7.89. The molecule has 1 heterocycles.